The average molecular weight is 254 g/mol. The highest BCUT2D eigenvalue weighted by atomic mass is 32.2. The van der Waals surface area contributed by atoms with Crippen LogP contribution in [0.5, 0.6) is 0 Å². The molecule has 0 spiro atoms. The first kappa shape index (κ1) is 11.9. The minimum absolute atomic E-state index is 1.11. The van der Waals surface area contributed by atoms with Gasteiger partial charge in [0.25, 0.3) is 0 Å². The normalized spacial score (nSPS) is 12.9. The molecular formula is C17H18S. The van der Waals surface area contributed by atoms with E-state index in [1.807, 2.05) is 11.8 Å². The van der Waals surface area contributed by atoms with Gasteiger partial charge in [-0.2, -0.15) is 0 Å². The van der Waals surface area contributed by atoms with Crippen molar-refractivity contribution in [2.24, 2.45) is 0 Å². The van der Waals surface area contributed by atoms with Gasteiger partial charge in [-0.1, -0.05) is 55.4 Å². The Hall–Kier alpha value is -1.21. The zero-order valence-corrected chi connectivity index (χ0v) is 11.6. The van der Waals surface area contributed by atoms with Gasteiger partial charge in [-0.05, 0) is 48.1 Å². The van der Waals surface area contributed by atoms with Gasteiger partial charge in [-0.15, -0.1) is 0 Å². The van der Waals surface area contributed by atoms with Crippen LogP contribution in [0.4, 0.5) is 0 Å². The van der Waals surface area contributed by atoms with Crippen molar-refractivity contribution in [3.05, 3.63) is 59.2 Å². The quantitative estimate of drug-likeness (QED) is 0.627. The lowest BCUT2D eigenvalue weighted by Crippen LogP contribution is -2.03. The number of rotatable bonds is 3. The Morgan fingerprint density at radius 1 is 1.00 bits per heavy atom. The molecule has 0 aliphatic carbocycles. The minimum Gasteiger partial charge on any atom is -0.0895 e. The third-order valence-corrected chi connectivity index (χ3v) is 4.81. The Labute approximate surface area is 113 Å². The van der Waals surface area contributed by atoms with Crippen molar-refractivity contribution in [1.29, 1.82) is 0 Å². The fraction of sp³-hybridized carbons (Fsp3) is 0.294. The molecule has 0 saturated carbocycles. The van der Waals surface area contributed by atoms with E-state index < -0.39 is 0 Å². The van der Waals surface area contributed by atoms with Gasteiger partial charge in [0.1, 0.15) is 0 Å². The summed E-state index contributed by atoms with van der Waals surface area (Å²) in [5.74, 6) is 0. The molecule has 0 saturated heterocycles. The van der Waals surface area contributed by atoms with E-state index in [2.05, 4.69) is 49.4 Å². The molecule has 18 heavy (non-hydrogen) atoms. The maximum Gasteiger partial charge on any atom is 0.0160 e. The van der Waals surface area contributed by atoms with Gasteiger partial charge in [0.05, 0.1) is 0 Å². The van der Waals surface area contributed by atoms with E-state index in [0.29, 0.717) is 0 Å². The van der Waals surface area contributed by atoms with Crippen LogP contribution in [-0.4, -0.2) is 0 Å². The lowest BCUT2D eigenvalue weighted by atomic mass is 9.96. The summed E-state index contributed by atoms with van der Waals surface area (Å²) >= 11 is 1.93. The Kier molecular flexibility index (Phi) is 3.42. The fourth-order valence-corrected chi connectivity index (χ4v) is 3.70. The van der Waals surface area contributed by atoms with Crippen LogP contribution in [0.15, 0.2) is 52.3 Å². The summed E-state index contributed by atoms with van der Waals surface area (Å²) in [6, 6.07) is 15.6. The molecule has 0 bridgehead atoms. The molecule has 0 unspecified atom stereocenters. The Bertz CT molecular complexity index is 557. The lowest BCUT2D eigenvalue weighted by molar-refractivity contribution is 0.783. The average Bonchev–Trinajstić information content (AvgIpc) is 2.43. The summed E-state index contributed by atoms with van der Waals surface area (Å²) in [5.41, 5.74) is 4.60. The van der Waals surface area contributed by atoms with Crippen molar-refractivity contribution < 1.29 is 0 Å². The van der Waals surface area contributed by atoms with Crippen LogP contribution in [0, 0.1) is 0 Å². The Balaban J connectivity index is 1.97. The predicted octanol–water partition coefficient (Wildman–Crippen LogP) is 5.08. The molecule has 0 atom stereocenters. The smallest absolute Gasteiger partial charge is 0.0160 e. The van der Waals surface area contributed by atoms with Gasteiger partial charge in [-0.3, -0.25) is 0 Å². The Morgan fingerprint density at radius 2 is 1.83 bits per heavy atom. The zero-order chi connectivity index (χ0) is 12.4. The minimum atomic E-state index is 1.11. The van der Waals surface area contributed by atoms with Crippen LogP contribution in [0.2, 0.25) is 0 Å². The van der Waals surface area contributed by atoms with Gasteiger partial charge in [0.2, 0.25) is 0 Å². The molecule has 0 N–H and O–H groups in total. The van der Waals surface area contributed by atoms with Crippen LogP contribution in [0.3, 0.4) is 0 Å². The van der Waals surface area contributed by atoms with Gasteiger partial charge in [-0.25, -0.2) is 0 Å². The van der Waals surface area contributed by atoms with Gasteiger partial charge >= 0.3 is 0 Å². The first-order valence-electron chi connectivity index (χ1n) is 6.75. The summed E-state index contributed by atoms with van der Waals surface area (Å²) in [5, 5.41) is 0. The van der Waals surface area contributed by atoms with E-state index in [1.54, 1.807) is 11.1 Å². The summed E-state index contributed by atoms with van der Waals surface area (Å²) in [7, 11) is 0. The van der Waals surface area contributed by atoms with Crippen LogP contribution >= 0.6 is 11.8 Å². The molecular weight excluding hydrogens is 236 g/mol. The van der Waals surface area contributed by atoms with Crippen LogP contribution in [-0.2, 0) is 12.8 Å². The highest BCUT2D eigenvalue weighted by Gasteiger charge is 2.17. The summed E-state index contributed by atoms with van der Waals surface area (Å²) in [6.07, 6.45) is 4.90. The second-order valence-electron chi connectivity index (χ2n) is 4.88. The number of benzene rings is 2. The van der Waals surface area contributed by atoms with Crippen LogP contribution in [0.1, 0.15) is 36.5 Å². The molecule has 0 amide bonds. The molecule has 3 rings (SSSR count). The molecule has 0 nitrogen and oxygen atoms in total. The predicted molar refractivity (Wildman–Crippen MR) is 78.4 cm³/mol. The molecule has 1 heteroatoms. The van der Waals surface area contributed by atoms with Crippen molar-refractivity contribution in [3.63, 3.8) is 0 Å². The first-order valence-corrected chi connectivity index (χ1v) is 7.56. The largest absolute Gasteiger partial charge is 0.0895 e. The van der Waals surface area contributed by atoms with E-state index >= 15 is 0 Å². The maximum absolute atomic E-state index is 2.31. The van der Waals surface area contributed by atoms with Crippen molar-refractivity contribution in [2.75, 3.05) is 0 Å². The number of hydrogen-bond donors (Lipinski definition) is 0. The summed E-state index contributed by atoms with van der Waals surface area (Å²) in [4.78, 5) is 2.89. The van der Waals surface area contributed by atoms with Crippen molar-refractivity contribution >= 4 is 11.8 Å². The number of hydrogen-bond acceptors (Lipinski definition) is 1. The van der Waals surface area contributed by atoms with Crippen molar-refractivity contribution in [1.82, 2.24) is 0 Å². The maximum atomic E-state index is 2.31. The lowest BCUT2D eigenvalue weighted by Gasteiger charge is -2.21. The number of aryl methyl sites for hydroxylation is 1. The van der Waals surface area contributed by atoms with E-state index in [4.69, 9.17) is 0 Å². The van der Waals surface area contributed by atoms with Crippen molar-refractivity contribution in [2.45, 2.75) is 42.4 Å². The highest BCUT2D eigenvalue weighted by molar-refractivity contribution is 7.99. The summed E-state index contributed by atoms with van der Waals surface area (Å²) < 4.78 is 0. The van der Waals surface area contributed by atoms with E-state index in [1.165, 1.54) is 34.6 Å². The third-order valence-electron chi connectivity index (χ3n) is 3.59. The highest BCUT2D eigenvalue weighted by Crippen LogP contribution is 2.40. The monoisotopic (exact) mass is 254 g/mol. The fourth-order valence-electron chi connectivity index (χ4n) is 2.57. The van der Waals surface area contributed by atoms with Gasteiger partial charge < -0.3 is 0 Å². The summed E-state index contributed by atoms with van der Waals surface area (Å²) in [6.45, 7) is 2.26. The molecule has 1 aliphatic rings. The third kappa shape index (κ3) is 2.20. The second-order valence-corrected chi connectivity index (χ2v) is 5.97. The molecule has 2 aromatic carbocycles. The molecule has 1 heterocycles. The van der Waals surface area contributed by atoms with Gasteiger partial charge in [0, 0.05) is 9.79 Å². The molecule has 0 radical (unpaired) electrons. The van der Waals surface area contributed by atoms with E-state index in [-0.39, 0.29) is 0 Å². The Morgan fingerprint density at radius 3 is 2.72 bits per heavy atom. The molecule has 0 aromatic heterocycles. The SMILES string of the molecule is CCCCc1cccc2c1Cc1ccccc1S2. The standard InChI is InChI=1S/C17H18S/c1-2-3-7-13-9-6-11-17-15(13)12-14-8-4-5-10-16(14)18-17/h4-6,8-11H,2-3,7,12H2,1H3. The molecule has 2 aromatic rings. The van der Waals surface area contributed by atoms with Crippen LogP contribution in [0.25, 0.3) is 0 Å². The zero-order valence-electron chi connectivity index (χ0n) is 10.8. The topological polar surface area (TPSA) is 0 Å². The molecule has 92 valence electrons. The van der Waals surface area contributed by atoms with Crippen LogP contribution < -0.4 is 0 Å². The second kappa shape index (κ2) is 5.19. The molecule has 0 fully saturated rings. The van der Waals surface area contributed by atoms with E-state index in [0.717, 1.165) is 6.42 Å². The number of unbranched alkanes of at least 4 members (excludes halogenated alkanes) is 1. The van der Waals surface area contributed by atoms with Gasteiger partial charge in [0.15, 0.2) is 0 Å². The van der Waals surface area contributed by atoms with Crippen molar-refractivity contribution in [3.8, 4) is 0 Å². The number of fused-ring (bicyclic) bond motifs is 2. The molecule has 1 aliphatic heterocycles. The first-order chi connectivity index (χ1) is 8.88. The van der Waals surface area contributed by atoms with E-state index in [9.17, 15) is 0 Å².